The minimum absolute atomic E-state index is 0.215. The van der Waals surface area contributed by atoms with Crippen molar-refractivity contribution in [2.24, 2.45) is 5.41 Å². The first kappa shape index (κ1) is 15.1. The molecule has 1 aliphatic heterocycles. The molecule has 0 radical (unpaired) electrons. The minimum atomic E-state index is -1.64. The number of ether oxygens (including phenoxy) is 2. The molecule has 0 spiro atoms. The number of hydrogen-bond donors (Lipinski definition) is 2. The van der Waals surface area contributed by atoms with Crippen LogP contribution in [-0.4, -0.2) is 34.2 Å². The van der Waals surface area contributed by atoms with Crippen LogP contribution in [0, 0.1) is 5.41 Å². The second-order valence-corrected chi connectivity index (χ2v) is 6.88. The van der Waals surface area contributed by atoms with E-state index in [0.717, 1.165) is 22.2 Å². The van der Waals surface area contributed by atoms with Crippen LogP contribution in [0.2, 0.25) is 0 Å². The summed E-state index contributed by atoms with van der Waals surface area (Å²) in [5, 5.41) is 22.1. The summed E-state index contributed by atoms with van der Waals surface area (Å²) >= 11 is 0. The highest BCUT2D eigenvalue weighted by atomic mass is 16.6. The van der Waals surface area contributed by atoms with E-state index in [0.29, 0.717) is 5.75 Å². The van der Waals surface area contributed by atoms with Gasteiger partial charge in [0.1, 0.15) is 17.6 Å². The highest BCUT2D eigenvalue weighted by molar-refractivity contribution is 5.86. The van der Waals surface area contributed by atoms with Crippen molar-refractivity contribution < 1.29 is 19.7 Å². The molecule has 2 N–H and O–H groups in total. The molecule has 0 amide bonds. The van der Waals surface area contributed by atoms with Gasteiger partial charge in [-0.15, -0.1) is 0 Å². The number of pyridine rings is 1. The Kier molecular flexibility index (Phi) is 3.30. The third kappa shape index (κ3) is 2.30. The van der Waals surface area contributed by atoms with Crippen LogP contribution in [0.25, 0.3) is 10.9 Å². The topological polar surface area (TPSA) is 71.8 Å². The van der Waals surface area contributed by atoms with Gasteiger partial charge < -0.3 is 19.7 Å². The van der Waals surface area contributed by atoms with Crippen LogP contribution in [0.1, 0.15) is 26.3 Å². The highest BCUT2D eigenvalue weighted by Gasteiger charge is 2.49. The maximum absolute atomic E-state index is 10.8. The summed E-state index contributed by atoms with van der Waals surface area (Å²) in [4.78, 5) is 4.34. The molecule has 1 aliphatic rings. The predicted molar refractivity (Wildman–Crippen MR) is 83.0 cm³/mol. The number of fused-ring (bicyclic) bond motifs is 3. The van der Waals surface area contributed by atoms with Crippen LogP contribution in [0.5, 0.6) is 11.5 Å². The monoisotopic (exact) mass is 303 g/mol. The lowest BCUT2D eigenvalue weighted by Crippen LogP contribution is -2.52. The van der Waals surface area contributed by atoms with Gasteiger partial charge in [-0.3, -0.25) is 4.98 Å². The van der Waals surface area contributed by atoms with Gasteiger partial charge >= 0.3 is 0 Å². The van der Waals surface area contributed by atoms with Gasteiger partial charge in [0, 0.05) is 17.4 Å². The van der Waals surface area contributed by atoms with Crippen molar-refractivity contribution in [1.29, 1.82) is 0 Å². The molecule has 118 valence electrons. The van der Waals surface area contributed by atoms with Gasteiger partial charge in [0.2, 0.25) is 5.79 Å². The molecular weight excluding hydrogens is 282 g/mol. The van der Waals surface area contributed by atoms with Gasteiger partial charge in [-0.25, -0.2) is 0 Å². The van der Waals surface area contributed by atoms with Gasteiger partial charge in [0.25, 0.3) is 0 Å². The van der Waals surface area contributed by atoms with Crippen molar-refractivity contribution in [2.75, 3.05) is 7.11 Å². The highest BCUT2D eigenvalue weighted by Crippen LogP contribution is 2.43. The van der Waals surface area contributed by atoms with Crippen molar-refractivity contribution in [3.8, 4) is 11.5 Å². The molecule has 0 bridgehead atoms. The van der Waals surface area contributed by atoms with E-state index in [2.05, 4.69) is 4.98 Å². The van der Waals surface area contributed by atoms with Crippen LogP contribution in [-0.2, 0) is 6.42 Å². The van der Waals surface area contributed by atoms with E-state index in [9.17, 15) is 10.2 Å². The van der Waals surface area contributed by atoms with E-state index < -0.39 is 17.3 Å². The molecule has 5 heteroatoms. The fourth-order valence-electron chi connectivity index (χ4n) is 2.91. The first-order chi connectivity index (χ1) is 10.2. The molecule has 0 unspecified atom stereocenters. The maximum Gasteiger partial charge on any atom is 0.239 e. The van der Waals surface area contributed by atoms with Gasteiger partial charge in [0.05, 0.1) is 18.8 Å². The number of aromatic nitrogens is 1. The summed E-state index contributed by atoms with van der Waals surface area (Å²) in [7, 11) is 1.61. The zero-order valence-corrected chi connectivity index (χ0v) is 13.3. The van der Waals surface area contributed by atoms with Crippen LogP contribution in [0.15, 0.2) is 24.4 Å². The van der Waals surface area contributed by atoms with Crippen molar-refractivity contribution in [3.05, 3.63) is 30.0 Å². The van der Waals surface area contributed by atoms with Crippen LogP contribution in [0.4, 0.5) is 0 Å². The Morgan fingerprint density at radius 1 is 1.36 bits per heavy atom. The van der Waals surface area contributed by atoms with E-state index in [1.807, 2.05) is 39.0 Å². The third-order valence-corrected chi connectivity index (χ3v) is 4.11. The zero-order chi connectivity index (χ0) is 16.1. The Labute approximate surface area is 129 Å². The van der Waals surface area contributed by atoms with Crippen molar-refractivity contribution in [1.82, 2.24) is 4.98 Å². The van der Waals surface area contributed by atoms with Gasteiger partial charge in [-0.1, -0.05) is 20.8 Å². The normalized spacial score (nSPS) is 22.3. The summed E-state index contributed by atoms with van der Waals surface area (Å²) in [6, 6.07) is 5.58. The number of nitrogens with zero attached hydrogens (tertiary/aromatic N) is 1. The first-order valence-electron chi connectivity index (χ1n) is 7.30. The lowest BCUT2D eigenvalue weighted by Gasteiger charge is -2.36. The second kappa shape index (κ2) is 4.83. The fourth-order valence-corrected chi connectivity index (χ4v) is 2.91. The molecule has 2 heterocycles. The SMILES string of the molecule is COc1ccc2ncc3c(c2c1)C[C@@](O)([C@@H](O)C(C)(C)C)O3. The molecule has 0 aliphatic carbocycles. The Morgan fingerprint density at radius 2 is 2.09 bits per heavy atom. The van der Waals surface area contributed by atoms with E-state index in [4.69, 9.17) is 9.47 Å². The van der Waals surface area contributed by atoms with Crippen molar-refractivity contribution >= 4 is 10.9 Å². The molecule has 1 aromatic carbocycles. The van der Waals surface area contributed by atoms with E-state index in [1.165, 1.54) is 0 Å². The molecule has 0 fully saturated rings. The van der Waals surface area contributed by atoms with Gasteiger partial charge in [0.15, 0.2) is 0 Å². The number of benzene rings is 1. The molecular formula is C17H21NO4. The third-order valence-electron chi connectivity index (χ3n) is 4.11. The van der Waals surface area contributed by atoms with E-state index >= 15 is 0 Å². The number of methoxy groups -OCH3 is 1. The summed E-state index contributed by atoms with van der Waals surface area (Å²) < 4.78 is 10.9. The van der Waals surface area contributed by atoms with Crippen molar-refractivity contribution in [3.63, 3.8) is 0 Å². The quantitative estimate of drug-likeness (QED) is 0.890. The summed E-state index contributed by atoms with van der Waals surface area (Å²) in [6.45, 7) is 5.59. The van der Waals surface area contributed by atoms with Crippen LogP contribution >= 0.6 is 0 Å². The molecule has 5 nitrogen and oxygen atoms in total. The van der Waals surface area contributed by atoms with E-state index in [1.54, 1.807) is 13.3 Å². The molecule has 1 aromatic heterocycles. The summed E-state index contributed by atoms with van der Waals surface area (Å²) in [5.41, 5.74) is 1.14. The van der Waals surface area contributed by atoms with Crippen molar-refractivity contribution in [2.45, 2.75) is 39.1 Å². The van der Waals surface area contributed by atoms with Crippen LogP contribution in [0.3, 0.4) is 0 Å². The van der Waals surface area contributed by atoms with Crippen LogP contribution < -0.4 is 9.47 Å². The average molecular weight is 303 g/mol. The van der Waals surface area contributed by atoms with Gasteiger partial charge in [-0.2, -0.15) is 0 Å². The number of rotatable bonds is 2. The predicted octanol–water partition coefficient (Wildman–Crippen LogP) is 2.27. The number of aliphatic hydroxyl groups excluding tert-OH is 1. The number of aliphatic hydroxyl groups is 2. The molecule has 0 saturated carbocycles. The maximum atomic E-state index is 10.8. The lowest BCUT2D eigenvalue weighted by molar-refractivity contribution is -0.220. The second-order valence-electron chi connectivity index (χ2n) is 6.88. The zero-order valence-electron chi connectivity index (χ0n) is 13.3. The van der Waals surface area contributed by atoms with Gasteiger partial charge in [-0.05, 0) is 23.6 Å². The summed E-state index contributed by atoms with van der Waals surface area (Å²) in [5.74, 6) is -0.416. The smallest absolute Gasteiger partial charge is 0.239 e. The molecule has 2 atom stereocenters. The molecule has 22 heavy (non-hydrogen) atoms. The molecule has 3 rings (SSSR count). The Bertz CT molecular complexity index is 722. The standard InChI is InChI=1S/C17H21NO4/c1-16(2,3)15(19)17(20)8-12-11-7-10(21-4)5-6-13(11)18-9-14(12)22-17/h5-7,9,15,19-20H,8H2,1-4H3/t15-,17-/m0/s1. The first-order valence-corrected chi connectivity index (χ1v) is 7.30. The molecule has 0 saturated heterocycles. The summed E-state index contributed by atoms with van der Waals surface area (Å²) in [6.07, 6.45) is 0.790. The number of hydrogen-bond acceptors (Lipinski definition) is 5. The molecule has 2 aromatic rings. The fraction of sp³-hybridized carbons (Fsp3) is 0.471. The average Bonchev–Trinajstić information content (AvgIpc) is 2.83. The Balaban J connectivity index is 2.08. The Hall–Kier alpha value is -1.85. The Morgan fingerprint density at radius 3 is 2.73 bits per heavy atom. The lowest BCUT2D eigenvalue weighted by atomic mass is 9.82. The van der Waals surface area contributed by atoms with E-state index in [-0.39, 0.29) is 6.42 Å². The minimum Gasteiger partial charge on any atom is -0.497 e. The largest absolute Gasteiger partial charge is 0.497 e.